The maximum Gasteiger partial charge on any atom is 0.297 e. The highest BCUT2D eigenvalue weighted by atomic mass is 32.2. The van der Waals surface area contributed by atoms with E-state index in [0.717, 1.165) is 28.5 Å². The monoisotopic (exact) mass is 284 g/mol. The summed E-state index contributed by atoms with van der Waals surface area (Å²) in [4.78, 5) is 17.2. The van der Waals surface area contributed by atoms with E-state index in [4.69, 9.17) is 4.74 Å². The van der Waals surface area contributed by atoms with Crippen molar-refractivity contribution in [2.24, 2.45) is 0 Å². The van der Waals surface area contributed by atoms with Gasteiger partial charge in [-0.1, -0.05) is 36.5 Å². The second-order valence-corrected chi connectivity index (χ2v) is 5.87. The molecule has 0 amide bonds. The number of thioether (sulfide) groups is 1. The fraction of sp³-hybridized carbons (Fsp3) is 0.200. The van der Waals surface area contributed by atoms with Gasteiger partial charge in [-0.25, -0.2) is 4.98 Å². The topological polar surface area (TPSA) is 44.1 Å². The predicted molar refractivity (Wildman–Crippen MR) is 78.5 cm³/mol. The standard InChI is InChI=1S/C15H12N2O2S/c1-9-10-5-2-3-6-11(10)19-13-12(9)16-15-17(14(13)18)7-4-8-20-15/h2-3,5-6H,1,4,7-8H2. The van der Waals surface area contributed by atoms with Gasteiger partial charge in [0, 0.05) is 23.4 Å². The zero-order valence-corrected chi connectivity index (χ0v) is 11.6. The molecule has 2 aromatic rings. The summed E-state index contributed by atoms with van der Waals surface area (Å²) in [6.45, 7) is 4.79. The Hall–Kier alpha value is -2.01. The van der Waals surface area contributed by atoms with Crippen LogP contribution >= 0.6 is 11.8 Å². The average molecular weight is 284 g/mol. The highest BCUT2D eigenvalue weighted by Gasteiger charge is 2.28. The summed E-state index contributed by atoms with van der Waals surface area (Å²) < 4.78 is 7.48. The zero-order valence-electron chi connectivity index (χ0n) is 10.8. The normalized spacial score (nSPS) is 15.9. The number of para-hydroxylation sites is 1. The molecule has 20 heavy (non-hydrogen) atoms. The lowest BCUT2D eigenvalue weighted by atomic mass is 10.0. The molecule has 0 aliphatic carbocycles. The second-order valence-electron chi connectivity index (χ2n) is 4.81. The molecule has 100 valence electrons. The van der Waals surface area contributed by atoms with Crippen molar-refractivity contribution in [2.45, 2.75) is 18.1 Å². The quantitative estimate of drug-likeness (QED) is 0.595. The number of ether oxygens (including phenoxy) is 1. The lowest BCUT2D eigenvalue weighted by Crippen LogP contribution is -2.29. The van der Waals surface area contributed by atoms with Crippen molar-refractivity contribution in [2.75, 3.05) is 5.75 Å². The number of aromatic nitrogens is 2. The van der Waals surface area contributed by atoms with Gasteiger partial charge >= 0.3 is 0 Å². The molecular weight excluding hydrogens is 272 g/mol. The first kappa shape index (κ1) is 11.8. The Morgan fingerprint density at radius 1 is 1.35 bits per heavy atom. The van der Waals surface area contributed by atoms with E-state index >= 15 is 0 Å². The molecule has 4 rings (SSSR count). The third-order valence-electron chi connectivity index (χ3n) is 3.56. The van der Waals surface area contributed by atoms with Crippen LogP contribution in [-0.4, -0.2) is 15.3 Å². The van der Waals surface area contributed by atoms with Gasteiger partial charge in [0.15, 0.2) is 5.16 Å². The lowest BCUT2D eigenvalue weighted by Gasteiger charge is -2.24. The number of benzene rings is 1. The highest BCUT2D eigenvalue weighted by Crippen LogP contribution is 2.40. The summed E-state index contributed by atoms with van der Waals surface area (Å²) in [6, 6.07) is 7.60. The van der Waals surface area contributed by atoms with Crippen molar-refractivity contribution in [3.8, 4) is 11.5 Å². The molecule has 0 saturated carbocycles. The Kier molecular flexibility index (Phi) is 2.50. The minimum atomic E-state index is -0.104. The number of nitrogens with zero attached hydrogens (tertiary/aromatic N) is 2. The van der Waals surface area contributed by atoms with Gasteiger partial charge in [-0.05, 0) is 12.5 Å². The van der Waals surface area contributed by atoms with Crippen LogP contribution < -0.4 is 10.3 Å². The van der Waals surface area contributed by atoms with Crippen molar-refractivity contribution >= 4 is 17.3 Å². The van der Waals surface area contributed by atoms with E-state index < -0.39 is 0 Å². The van der Waals surface area contributed by atoms with Crippen LogP contribution in [0.4, 0.5) is 0 Å². The van der Waals surface area contributed by atoms with Gasteiger partial charge in [-0.3, -0.25) is 9.36 Å². The average Bonchev–Trinajstić information content (AvgIpc) is 2.49. The van der Waals surface area contributed by atoms with Crippen LogP contribution in [0.15, 0.2) is 40.8 Å². The van der Waals surface area contributed by atoms with Gasteiger partial charge in [0.25, 0.3) is 5.56 Å². The van der Waals surface area contributed by atoms with E-state index in [1.165, 1.54) is 0 Å². The molecule has 0 N–H and O–H groups in total. The molecule has 3 heterocycles. The van der Waals surface area contributed by atoms with Gasteiger partial charge in [-0.15, -0.1) is 0 Å². The van der Waals surface area contributed by atoms with Crippen LogP contribution in [0.25, 0.3) is 5.57 Å². The molecule has 1 aromatic heterocycles. The van der Waals surface area contributed by atoms with Crippen LogP contribution in [0.3, 0.4) is 0 Å². The molecule has 5 heteroatoms. The minimum Gasteiger partial charge on any atom is -0.449 e. The highest BCUT2D eigenvalue weighted by molar-refractivity contribution is 7.99. The molecule has 4 nitrogen and oxygen atoms in total. The van der Waals surface area contributed by atoms with Crippen LogP contribution in [0, 0.1) is 0 Å². The van der Waals surface area contributed by atoms with E-state index in [0.29, 0.717) is 23.7 Å². The SMILES string of the molecule is C=C1c2ccccc2Oc2c1nc1n(c2=O)CCCS1. The summed E-state index contributed by atoms with van der Waals surface area (Å²) in [7, 11) is 0. The van der Waals surface area contributed by atoms with Crippen LogP contribution in [0.1, 0.15) is 17.7 Å². The molecule has 0 radical (unpaired) electrons. The molecule has 0 unspecified atom stereocenters. The molecule has 0 saturated heterocycles. The third kappa shape index (κ3) is 1.56. The molecule has 0 fully saturated rings. The number of hydrogen-bond donors (Lipinski definition) is 0. The Balaban J connectivity index is 1.98. The molecule has 2 aliphatic heterocycles. The van der Waals surface area contributed by atoms with Crippen LogP contribution in [0.5, 0.6) is 11.5 Å². The smallest absolute Gasteiger partial charge is 0.297 e. The lowest BCUT2D eigenvalue weighted by molar-refractivity contribution is 0.438. The van der Waals surface area contributed by atoms with Gasteiger partial charge < -0.3 is 4.74 Å². The second kappa shape index (κ2) is 4.24. The van der Waals surface area contributed by atoms with E-state index in [1.54, 1.807) is 16.3 Å². The van der Waals surface area contributed by atoms with E-state index in [9.17, 15) is 4.79 Å². The molecule has 2 aliphatic rings. The van der Waals surface area contributed by atoms with Gasteiger partial charge in [0.2, 0.25) is 5.75 Å². The Bertz CT molecular complexity index is 795. The van der Waals surface area contributed by atoms with Crippen molar-refractivity contribution in [3.63, 3.8) is 0 Å². The number of rotatable bonds is 0. The molecule has 1 aromatic carbocycles. The third-order valence-corrected chi connectivity index (χ3v) is 4.62. The summed E-state index contributed by atoms with van der Waals surface area (Å²) in [5, 5.41) is 0.768. The fourth-order valence-corrected chi connectivity index (χ4v) is 3.49. The molecule has 0 spiro atoms. The summed E-state index contributed by atoms with van der Waals surface area (Å²) >= 11 is 1.61. The molecular formula is C15H12N2O2S. The summed E-state index contributed by atoms with van der Waals surface area (Å²) in [5.41, 5.74) is 2.13. The van der Waals surface area contributed by atoms with Gasteiger partial charge in [-0.2, -0.15) is 0 Å². The van der Waals surface area contributed by atoms with Crippen LogP contribution in [0.2, 0.25) is 0 Å². The van der Waals surface area contributed by atoms with E-state index in [2.05, 4.69) is 11.6 Å². The minimum absolute atomic E-state index is 0.104. The first-order valence-electron chi connectivity index (χ1n) is 6.50. The number of fused-ring (bicyclic) bond motifs is 3. The Labute approximate surface area is 120 Å². The zero-order chi connectivity index (χ0) is 13.7. The first-order chi connectivity index (χ1) is 9.75. The van der Waals surface area contributed by atoms with Crippen molar-refractivity contribution < 1.29 is 4.74 Å². The van der Waals surface area contributed by atoms with Gasteiger partial charge in [0.1, 0.15) is 11.4 Å². The predicted octanol–water partition coefficient (Wildman–Crippen LogP) is 2.91. The Morgan fingerprint density at radius 3 is 3.10 bits per heavy atom. The van der Waals surface area contributed by atoms with E-state index in [-0.39, 0.29) is 5.56 Å². The molecule has 0 bridgehead atoms. The maximum atomic E-state index is 12.6. The fourth-order valence-electron chi connectivity index (χ4n) is 2.55. The number of hydrogen-bond acceptors (Lipinski definition) is 4. The van der Waals surface area contributed by atoms with Crippen LogP contribution in [-0.2, 0) is 6.54 Å². The van der Waals surface area contributed by atoms with Gasteiger partial charge in [0.05, 0.1) is 0 Å². The first-order valence-corrected chi connectivity index (χ1v) is 7.48. The van der Waals surface area contributed by atoms with Crippen molar-refractivity contribution in [1.82, 2.24) is 9.55 Å². The maximum absolute atomic E-state index is 12.6. The summed E-state index contributed by atoms with van der Waals surface area (Å²) in [6.07, 6.45) is 0.982. The molecule has 0 atom stereocenters. The summed E-state index contributed by atoms with van der Waals surface area (Å²) in [5.74, 6) is 1.97. The largest absolute Gasteiger partial charge is 0.449 e. The Morgan fingerprint density at radius 2 is 2.20 bits per heavy atom. The van der Waals surface area contributed by atoms with Crippen molar-refractivity contribution in [3.05, 3.63) is 52.5 Å². The van der Waals surface area contributed by atoms with Crippen molar-refractivity contribution in [1.29, 1.82) is 0 Å². The van der Waals surface area contributed by atoms with E-state index in [1.807, 2.05) is 24.3 Å².